The highest BCUT2D eigenvalue weighted by Crippen LogP contribution is 2.38. The van der Waals surface area contributed by atoms with Crippen LogP contribution in [0.3, 0.4) is 0 Å². The Morgan fingerprint density at radius 3 is 2.56 bits per heavy atom. The lowest BCUT2D eigenvalue weighted by atomic mass is 9.85. The molecule has 0 atom stereocenters. The van der Waals surface area contributed by atoms with Crippen LogP contribution in [0.2, 0.25) is 0 Å². The van der Waals surface area contributed by atoms with Gasteiger partial charge in [-0.1, -0.05) is 19.9 Å². The highest BCUT2D eigenvalue weighted by atomic mass is 16.5. The van der Waals surface area contributed by atoms with Crippen LogP contribution in [0, 0.1) is 11.8 Å². The molecule has 0 unspecified atom stereocenters. The van der Waals surface area contributed by atoms with Crippen LogP contribution in [0.1, 0.15) is 68.9 Å². The van der Waals surface area contributed by atoms with Crippen molar-refractivity contribution in [2.24, 2.45) is 17.6 Å². The average Bonchev–Trinajstić information content (AvgIpc) is 3.19. The number of fused-ring (bicyclic) bond motifs is 1. The van der Waals surface area contributed by atoms with Crippen LogP contribution in [0.5, 0.6) is 5.75 Å². The van der Waals surface area contributed by atoms with Gasteiger partial charge in [0.2, 0.25) is 0 Å². The number of rotatable bonds is 8. The second kappa shape index (κ2) is 10.3. The van der Waals surface area contributed by atoms with E-state index >= 15 is 0 Å². The average molecular weight is 442 g/mol. The van der Waals surface area contributed by atoms with Gasteiger partial charge in [0.15, 0.2) is 0 Å². The molecule has 2 heterocycles. The first-order chi connectivity index (χ1) is 15.4. The van der Waals surface area contributed by atoms with Crippen LogP contribution in [-0.2, 0) is 4.74 Å². The van der Waals surface area contributed by atoms with Crippen LogP contribution in [0.15, 0.2) is 24.3 Å². The third kappa shape index (κ3) is 5.12. The quantitative estimate of drug-likeness (QED) is 0.649. The number of hydrogen-bond donors (Lipinski definition) is 1. The minimum Gasteiger partial charge on any atom is -0.493 e. The van der Waals surface area contributed by atoms with Crippen molar-refractivity contribution in [3.05, 3.63) is 30.0 Å². The summed E-state index contributed by atoms with van der Waals surface area (Å²) < 4.78 is 13.8. The molecule has 2 fully saturated rings. The Kier molecular flexibility index (Phi) is 7.41. The van der Waals surface area contributed by atoms with E-state index in [4.69, 9.17) is 15.2 Å². The van der Waals surface area contributed by atoms with Gasteiger partial charge in [-0.05, 0) is 75.6 Å². The Hall–Kier alpha value is -2.05. The summed E-state index contributed by atoms with van der Waals surface area (Å²) in [5.74, 6) is 1.63. The highest BCUT2D eigenvalue weighted by molar-refractivity contribution is 5.99. The van der Waals surface area contributed by atoms with Crippen molar-refractivity contribution in [2.45, 2.75) is 64.5 Å². The predicted molar refractivity (Wildman–Crippen MR) is 128 cm³/mol. The molecular formula is C26H39N3O3. The van der Waals surface area contributed by atoms with Crippen molar-refractivity contribution in [3.63, 3.8) is 0 Å². The molecule has 1 aliphatic carbocycles. The largest absolute Gasteiger partial charge is 0.493 e. The normalized spacial score (nSPS) is 22.7. The third-order valence-corrected chi connectivity index (χ3v) is 7.21. The Labute approximate surface area is 192 Å². The van der Waals surface area contributed by atoms with Gasteiger partial charge in [0.1, 0.15) is 11.4 Å². The highest BCUT2D eigenvalue weighted by Gasteiger charge is 2.29. The number of nitrogens with zero attached hydrogens (tertiary/aromatic N) is 2. The fourth-order valence-electron chi connectivity index (χ4n) is 5.46. The molecule has 6 heteroatoms. The maximum absolute atomic E-state index is 12.3. The van der Waals surface area contributed by atoms with Crippen molar-refractivity contribution in [1.82, 2.24) is 9.47 Å². The van der Waals surface area contributed by atoms with Crippen LogP contribution in [0.4, 0.5) is 0 Å². The van der Waals surface area contributed by atoms with Gasteiger partial charge in [-0.15, -0.1) is 0 Å². The SMILES string of the molecule is CC(C)COc1cccc2c1cc(C(N)=O)n2C1CCC(CN(C)C2CCOCC2)CC1. The fourth-order valence-corrected chi connectivity index (χ4v) is 5.46. The molecule has 2 aliphatic rings. The third-order valence-electron chi connectivity index (χ3n) is 7.21. The summed E-state index contributed by atoms with van der Waals surface area (Å²) in [6.07, 6.45) is 6.80. The summed E-state index contributed by atoms with van der Waals surface area (Å²) in [7, 11) is 2.27. The van der Waals surface area contributed by atoms with E-state index in [0.29, 0.717) is 36.2 Å². The Balaban J connectivity index is 1.48. The standard InChI is InChI=1S/C26H39N3O3/c1-18(2)17-32-25-6-4-5-23-22(25)15-24(26(27)30)29(23)21-9-7-19(8-10-21)16-28(3)20-11-13-31-14-12-20/h4-6,15,18-21H,7-14,16-17H2,1-3H3,(H2,27,30). The zero-order valence-corrected chi connectivity index (χ0v) is 19.9. The molecule has 1 amide bonds. The van der Waals surface area contributed by atoms with Crippen LogP contribution >= 0.6 is 0 Å². The molecule has 6 nitrogen and oxygen atoms in total. The molecule has 0 spiro atoms. The number of benzene rings is 1. The van der Waals surface area contributed by atoms with Crippen molar-refractivity contribution in [1.29, 1.82) is 0 Å². The van der Waals surface area contributed by atoms with E-state index in [1.807, 2.05) is 18.2 Å². The van der Waals surface area contributed by atoms with Crippen molar-refractivity contribution in [2.75, 3.05) is 33.4 Å². The van der Waals surface area contributed by atoms with Gasteiger partial charge in [-0.2, -0.15) is 0 Å². The van der Waals surface area contributed by atoms with E-state index in [2.05, 4.69) is 36.4 Å². The molecular weight excluding hydrogens is 402 g/mol. The number of aromatic nitrogens is 1. The van der Waals surface area contributed by atoms with Gasteiger partial charge in [-0.25, -0.2) is 0 Å². The Bertz CT molecular complexity index is 908. The second-order valence-corrected chi connectivity index (χ2v) is 10.1. The number of ether oxygens (including phenoxy) is 2. The molecule has 2 N–H and O–H groups in total. The Morgan fingerprint density at radius 1 is 1.19 bits per heavy atom. The first kappa shape index (κ1) is 23.1. The number of primary amides is 1. The smallest absolute Gasteiger partial charge is 0.265 e. The summed E-state index contributed by atoms with van der Waals surface area (Å²) in [6.45, 7) is 7.86. The lowest BCUT2D eigenvalue weighted by Crippen LogP contribution is -2.40. The number of nitrogens with two attached hydrogens (primary N) is 1. The molecule has 1 aromatic carbocycles. The molecule has 4 rings (SSSR count). The van der Waals surface area contributed by atoms with E-state index in [1.165, 1.54) is 12.8 Å². The molecule has 32 heavy (non-hydrogen) atoms. The van der Waals surface area contributed by atoms with Gasteiger partial charge < -0.3 is 24.7 Å². The Morgan fingerprint density at radius 2 is 1.91 bits per heavy atom. The van der Waals surface area contributed by atoms with Gasteiger partial charge in [-0.3, -0.25) is 4.79 Å². The molecule has 1 saturated carbocycles. The van der Waals surface area contributed by atoms with E-state index in [0.717, 1.165) is 62.1 Å². The minimum atomic E-state index is -0.364. The van der Waals surface area contributed by atoms with Crippen molar-refractivity contribution in [3.8, 4) is 5.75 Å². The minimum absolute atomic E-state index is 0.306. The van der Waals surface area contributed by atoms with Crippen LogP contribution < -0.4 is 10.5 Å². The molecule has 1 aliphatic heterocycles. The molecule has 1 aromatic heterocycles. The van der Waals surface area contributed by atoms with E-state index in [1.54, 1.807) is 0 Å². The maximum Gasteiger partial charge on any atom is 0.265 e. The summed E-state index contributed by atoms with van der Waals surface area (Å²) in [5.41, 5.74) is 7.47. The van der Waals surface area contributed by atoms with Crippen LogP contribution in [-0.4, -0.2) is 54.8 Å². The van der Waals surface area contributed by atoms with E-state index < -0.39 is 0 Å². The lowest BCUT2D eigenvalue weighted by Gasteiger charge is -2.37. The number of amides is 1. The number of carbonyl (C=O) groups excluding carboxylic acids is 1. The van der Waals surface area contributed by atoms with Gasteiger partial charge in [0, 0.05) is 37.2 Å². The molecule has 176 valence electrons. The molecule has 0 radical (unpaired) electrons. The summed E-state index contributed by atoms with van der Waals surface area (Å²) in [5, 5.41) is 0.989. The monoisotopic (exact) mass is 441 g/mol. The van der Waals surface area contributed by atoms with Gasteiger partial charge >= 0.3 is 0 Å². The van der Waals surface area contributed by atoms with E-state index in [-0.39, 0.29) is 5.91 Å². The molecule has 2 aromatic rings. The first-order valence-corrected chi connectivity index (χ1v) is 12.3. The van der Waals surface area contributed by atoms with Crippen molar-refractivity contribution >= 4 is 16.8 Å². The van der Waals surface area contributed by atoms with Crippen LogP contribution in [0.25, 0.3) is 10.9 Å². The van der Waals surface area contributed by atoms with Gasteiger partial charge in [0.25, 0.3) is 5.91 Å². The summed E-state index contributed by atoms with van der Waals surface area (Å²) in [4.78, 5) is 14.9. The predicted octanol–water partition coefficient (Wildman–Crippen LogP) is 4.62. The second-order valence-electron chi connectivity index (χ2n) is 10.1. The summed E-state index contributed by atoms with van der Waals surface area (Å²) >= 11 is 0. The topological polar surface area (TPSA) is 69.7 Å². The number of hydrogen-bond acceptors (Lipinski definition) is 4. The molecule has 0 bridgehead atoms. The lowest BCUT2D eigenvalue weighted by molar-refractivity contribution is 0.0353. The maximum atomic E-state index is 12.3. The summed E-state index contributed by atoms with van der Waals surface area (Å²) in [6, 6.07) is 8.99. The first-order valence-electron chi connectivity index (χ1n) is 12.3. The van der Waals surface area contributed by atoms with Crippen molar-refractivity contribution < 1.29 is 14.3 Å². The van der Waals surface area contributed by atoms with E-state index in [9.17, 15) is 4.79 Å². The fraction of sp³-hybridized carbons (Fsp3) is 0.654. The molecule has 1 saturated heterocycles. The van der Waals surface area contributed by atoms with Gasteiger partial charge in [0.05, 0.1) is 12.1 Å². The zero-order valence-electron chi connectivity index (χ0n) is 19.9. The number of carbonyl (C=O) groups is 1. The zero-order chi connectivity index (χ0) is 22.7.